The van der Waals surface area contributed by atoms with Crippen LogP contribution in [0.5, 0.6) is 0 Å². The van der Waals surface area contributed by atoms with Gasteiger partial charge in [0.15, 0.2) is 6.61 Å². The number of hydrogen-bond acceptors (Lipinski definition) is 6. The summed E-state index contributed by atoms with van der Waals surface area (Å²) >= 11 is 0. The summed E-state index contributed by atoms with van der Waals surface area (Å²) in [6.45, 7) is 6.23. The molecule has 0 aromatic carbocycles. The SMILES string of the molecule is CCCCCCCCCCCCCCN(CCCCCCCCCCCCCC)C(=O)CN(CCOOC)C(=O)COOC. The van der Waals surface area contributed by atoms with E-state index in [0.29, 0.717) is 0 Å². The number of rotatable bonds is 35. The Bertz CT molecular complexity index is 593. The first-order valence-corrected chi connectivity index (χ1v) is 18.5. The quantitative estimate of drug-likeness (QED) is 0.0396. The van der Waals surface area contributed by atoms with Crippen molar-refractivity contribution in [2.45, 2.75) is 168 Å². The number of amides is 2. The molecule has 0 aliphatic heterocycles. The van der Waals surface area contributed by atoms with Crippen molar-refractivity contribution < 1.29 is 29.1 Å². The van der Waals surface area contributed by atoms with Crippen LogP contribution in [0, 0.1) is 0 Å². The maximum absolute atomic E-state index is 13.4. The fourth-order valence-electron chi connectivity index (χ4n) is 5.64. The molecule has 0 heterocycles. The molecule has 0 fully saturated rings. The Kier molecular flexibility index (Phi) is 33.7. The number of carbonyl (C=O) groups excluding carboxylic acids is 2. The van der Waals surface area contributed by atoms with Crippen molar-refractivity contribution in [3.05, 3.63) is 0 Å². The predicted molar refractivity (Wildman–Crippen MR) is 181 cm³/mol. The van der Waals surface area contributed by atoms with Gasteiger partial charge in [-0.25, -0.2) is 19.6 Å². The lowest BCUT2D eigenvalue weighted by Crippen LogP contribution is -2.45. The summed E-state index contributed by atoms with van der Waals surface area (Å²) in [6.07, 6.45) is 31.1. The number of nitrogens with zero attached hydrogens (tertiary/aromatic N) is 2. The van der Waals surface area contributed by atoms with Gasteiger partial charge in [-0.2, -0.15) is 0 Å². The highest BCUT2D eigenvalue weighted by Gasteiger charge is 2.21. The Morgan fingerprint density at radius 1 is 0.432 bits per heavy atom. The lowest BCUT2D eigenvalue weighted by atomic mass is 10.0. The van der Waals surface area contributed by atoms with Crippen LogP contribution in [0.4, 0.5) is 0 Å². The molecular formula is C36H72N2O6. The zero-order valence-electron chi connectivity index (χ0n) is 29.6. The van der Waals surface area contributed by atoms with Crippen molar-refractivity contribution in [2.24, 2.45) is 0 Å². The van der Waals surface area contributed by atoms with Crippen molar-refractivity contribution in [1.29, 1.82) is 0 Å². The van der Waals surface area contributed by atoms with Gasteiger partial charge in [-0.05, 0) is 12.8 Å². The highest BCUT2D eigenvalue weighted by molar-refractivity contribution is 5.85. The fraction of sp³-hybridized carbons (Fsp3) is 0.944. The lowest BCUT2D eigenvalue weighted by molar-refractivity contribution is -0.276. The van der Waals surface area contributed by atoms with E-state index in [1.807, 2.05) is 4.90 Å². The summed E-state index contributed by atoms with van der Waals surface area (Å²) in [5, 5.41) is 0. The standard InChI is InChI=1S/C36H72N2O6/c1-5-7-9-11-13-15-17-19-21-23-25-27-29-37(30-28-26-24-22-20-18-16-14-12-10-8-6-2)35(39)33-38(31-32-43-41-3)36(40)34-44-42-4/h5-34H2,1-4H3. The van der Waals surface area contributed by atoms with Gasteiger partial charge in [0.2, 0.25) is 5.91 Å². The second kappa shape index (κ2) is 34.6. The van der Waals surface area contributed by atoms with E-state index in [-0.39, 0.29) is 38.1 Å². The van der Waals surface area contributed by atoms with Gasteiger partial charge in [0, 0.05) is 19.6 Å². The van der Waals surface area contributed by atoms with Crippen LogP contribution < -0.4 is 0 Å². The Morgan fingerprint density at radius 2 is 0.795 bits per heavy atom. The number of hydrogen-bond donors (Lipinski definition) is 0. The summed E-state index contributed by atoms with van der Waals surface area (Å²) in [4.78, 5) is 48.6. The third-order valence-electron chi connectivity index (χ3n) is 8.46. The molecule has 0 unspecified atom stereocenters. The maximum Gasteiger partial charge on any atom is 0.252 e. The minimum absolute atomic E-state index is 0.00942. The third kappa shape index (κ3) is 28.3. The monoisotopic (exact) mass is 629 g/mol. The van der Waals surface area contributed by atoms with Crippen molar-refractivity contribution >= 4 is 11.8 Å². The molecule has 0 radical (unpaired) electrons. The molecule has 0 aliphatic carbocycles. The first-order chi connectivity index (χ1) is 21.6. The van der Waals surface area contributed by atoms with Crippen LogP contribution in [0.25, 0.3) is 0 Å². The molecule has 0 bridgehead atoms. The number of carbonyl (C=O) groups is 2. The summed E-state index contributed by atoms with van der Waals surface area (Å²) in [6, 6.07) is 0. The van der Waals surface area contributed by atoms with Crippen LogP contribution >= 0.6 is 0 Å². The lowest BCUT2D eigenvalue weighted by Gasteiger charge is -2.27. The number of unbranched alkanes of at least 4 members (excludes halogenated alkanes) is 22. The molecular weight excluding hydrogens is 556 g/mol. The summed E-state index contributed by atoms with van der Waals surface area (Å²) < 4.78 is 0. The molecule has 0 aliphatic rings. The molecule has 0 saturated carbocycles. The van der Waals surface area contributed by atoms with Gasteiger partial charge in [0.1, 0.15) is 0 Å². The van der Waals surface area contributed by atoms with Gasteiger partial charge in [-0.3, -0.25) is 9.59 Å². The highest BCUT2D eigenvalue weighted by Crippen LogP contribution is 2.14. The Hall–Kier alpha value is -1.22. The zero-order valence-corrected chi connectivity index (χ0v) is 29.6. The van der Waals surface area contributed by atoms with Gasteiger partial charge in [0.25, 0.3) is 5.91 Å². The van der Waals surface area contributed by atoms with Crippen molar-refractivity contribution in [3.8, 4) is 0 Å². The first kappa shape index (κ1) is 42.8. The second-order valence-corrected chi connectivity index (χ2v) is 12.4. The Morgan fingerprint density at radius 3 is 1.16 bits per heavy atom. The van der Waals surface area contributed by atoms with E-state index >= 15 is 0 Å². The van der Waals surface area contributed by atoms with E-state index in [1.54, 1.807) is 0 Å². The second-order valence-electron chi connectivity index (χ2n) is 12.4. The maximum atomic E-state index is 13.4. The molecule has 0 spiro atoms. The molecule has 0 atom stereocenters. The van der Waals surface area contributed by atoms with Crippen molar-refractivity contribution in [3.63, 3.8) is 0 Å². The van der Waals surface area contributed by atoms with E-state index in [1.165, 1.54) is 148 Å². The molecule has 44 heavy (non-hydrogen) atoms. The van der Waals surface area contributed by atoms with E-state index in [4.69, 9.17) is 9.78 Å². The average Bonchev–Trinajstić information content (AvgIpc) is 3.03. The highest BCUT2D eigenvalue weighted by atomic mass is 17.2. The van der Waals surface area contributed by atoms with E-state index in [0.717, 1.165) is 38.8 Å². The minimum Gasteiger partial charge on any atom is -0.341 e. The van der Waals surface area contributed by atoms with Gasteiger partial charge in [-0.15, -0.1) is 0 Å². The molecule has 262 valence electrons. The molecule has 2 amide bonds. The smallest absolute Gasteiger partial charge is 0.252 e. The van der Waals surface area contributed by atoms with E-state index < -0.39 is 0 Å². The topological polar surface area (TPSA) is 77.5 Å². The Balaban J connectivity index is 4.56. The normalized spacial score (nSPS) is 11.3. The van der Waals surface area contributed by atoms with Crippen molar-refractivity contribution in [1.82, 2.24) is 9.80 Å². The molecule has 8 heteroatoms. The van der Waals surface area contributed by atoms with Crippen LogP contribution in [0.3, 0.4) is 0 Å². The Labute approximate surface area is 272 Å². The predicted octanol–water partition coefficient (Wildman–Crippen LogP) is 9.20. The van der Waals surface area contributed by atoms with Gasteiger partial charge < -0.3 is 9.80 Å². The summed E-state index contributed by atoms with van der Waals surface area (Å²) in [5.74, 6) is -0.324. The van der Waals surface area contributed by atoms with Crippen LogP contribution in [-0.4, -0.2) is 75.2 Å². The third-order valence-corrected chi connectivity index (χ3v) is 8.46. The van der Waals surface area contributed by atoms with E-state index in [9.17, 15) is 9.59 Å². The minimum atomic E-state index is -0.310. The van der Waals surface area contributed by atoms with Crippen molar-refractivity contribution in [2.75, 3.05) is 53.6 Å². The zero-order chi connectivity index (χ0) is 32.4. The van der Waals surface area contributed by atoms with E-state index in [2.05, 4.69) is 23.6 Å². The molecule has 0 saturated heterocycles. The molecule has 0 aromatic rings. The van der Waals surface area contributed by atoms with Crippen LogP contribution in [0.2, 0.25) is 0 Å². The van der Waals surface area contributed by atoms with Crippen LogP contribution in [0.1, 0.15) is 168 Å². The van der Waals surface area contributed by atoms with Gasteiger partial charge in [0.05, 0.1) is 27.4 Å². The molecule has 0 rings (SSSR count). The first-order valence-electron chi connectivity index (χ1n) is 18.5. The molecule has 0 N–H and O–H groups in total. The molecule has 0 aromatic heterocycles. The fourth-order valence-corrected chi connectivity index (χ4v) is 5.64. The summed E-state index contributed by atoms with van der Waals surface area (Å²) in [5.41, 5.74) is 0. The van der Waals surface area contributed by atoms with Crippen LogP contribution in [-0.2, 0) is 29.1 Å². The molecule has 8 nitrogen and oxygen atoms in total. The average molecular weight is 629 g/mol. The van der Waals surface area contributed by atoms with Crippen LogP contribution in [0.15, 0.2) is 0 Å². The summed E-state index contributed by atoms with van der Waals surface area (Å²) in [7, 11) is 2.79. The largest absolute Gasteiger partial charge is 0.341 e. The van der Waals surface area contributed by atoms with Gasteiger partial charge in [-0.1, -0.05) is 155 Å². The van der Waals surface area contributed by atoms with Gasteiger partial charge >= 0.3 is 0 Å².